The van der Waals surface area contributed by atoms with Crippen LogP contribution in [0.2, 0.25) is 0 Å². The first-order valence-electron chi connectivity index (χ1n) is 8.26. The summed E-state index contributed by atoms with van der Waals surface area (Å²) in [6, 6.07) is 16.9. The van der Waals surface area contributed by atoms with Gasteiger partial charge in [0.05, 0.1) is 12.0 Å². The van der Waals surface area contributed by atoms with Crippen molar-refractivity contribution < 1.29 is 14.7 Å². The highest BCUT2D eigenvalue weighted by atomic mass is 16.4. The molecule has 124 valence electrons. The van der Waals surface area contributed by atoms with Crippen molar-refractivity contribution in [3.05, 3.63) is 71.3 Å². The monoisotopic (exact) mass is 323 g/mol. The summed E-state index contributed by atoms with van der Waals surface area (Å²) >= 11 is 0. The lowest BCUT2D eigenvalue weighted by Crippen LogP contribution is -2.30. The van der Waals surface area contributed by atoms with Gasteiger partial charge in [-0.3, -0.25) is 4.79 Å². The van der Waals surface area contributed by atoms with Crippen LogP contribution < -0.4 is 0 Å². The maximum Gasteiger partial charge on any atom is 0.335 e. The third-order valence-corrected chi connectivity index (χ3v) is 4.54. The lowest BCUT2D eigenvalue weighted by molar-refractivity contribution is -0.129. The predicted molar refractivity (Wildman–Crippen MR) is 91.9 cm³/mol. The van der Waals surface area contributed by atoms with E-state index < -0.39 is 5.97 Å². The van der Waals surface area contributed by atoms with Crippen LogP contribution in [-0.4, -0.2) is 35.0 Å². The van der Waals surface area contributed by atoms with E-state index in [0.29, 0.717) is 17.9 Å². The fraction of sp³-hybridized carbons (Fsp3) is 0.300. The molecule has 4 heteroatoms. The summed E-state index contributed by atoms with van der Waals surface area (Å²) in [7, 11) is 0. The van der Waals surface area contributed by atoms with Gasteiger partial charge in [-0.25, -0.2) is 4.79 Å². The van der Waals surface area contributed by atoms with E-state index in [4.69, 9.17) is 5.11 Å². The molecule has 1 aliphatic heterocycles. The zero-order valence-electron chi connectivity index (χ0n) is 13.5. The maximum atomic E-state index is 12.4. The number of carboxylic acid groups (broad SMARTS) is 1. The molecule has 0 aliphatic carbocycles. The molecule has 4 nitrogen and oxygen atoms in total. The minimum atomic E-state index is -0.900. The molecule has 2 aromatic carbocycles. The quantitative estimate of drug-likeness (QED) is 0.920. The second-order valence-corrected chi connectivity index (χ2v) is 6.37. The van der Waals surface area contributed by atoms with Crippen LogP contribution in [0.5, 0.6) is 0 Å². The molecule has 1 amide bonds. The normalized spacial score (nSPS) is 17.0. The van der Waals surface area contributed by atoms with Crippen molar-refractivity contribution in [3.63, 3.8) is 0 Å². The predicted octanol–water partition coefficient (Wildman–Crippen LogP) is 3.02. The summed E-state index contributed by atoms with van der Waals surface area (Å²) in [4.78, 5) is 25.4. The zero-order valence-corrected chi connectivity index (χ0v) is 13.5. The minimum absolute atomic E-state index is 0.169. The molecule has 1 unspecified atom stereocenters. The molecule has 0 bridgehead atoms. The Morgan fingerprint density at radius 2 is 1.79 bits per heavy atom. The summed E-state index contributed by atoms with van der Waals surface area (Å²) in [5, 5.41) is 9.07. The van der Waals surface area contributed by atoms with Crippen molar-refractivity contribution >= 4 is 11.9 Å². The summed E-state index contributed by atoms with van der Waals surface area (Å²) in [6.07, 6.45) is 2.23. The average Bonchev–Trinajstić information content (AvgIpc) is 3.04. The zero-order chi connectivity index (χ0) is 16.9. The number of hydrogen-bond donors (Lipinski definition) is 1. The molecule has 1 atom stereocenters. The van der Waals surface area contributed by atoms with Gasteiger partial charge in [0.25, 0.3) is 0 Å². The van der Waals surface area contributed by atoms with Gasteiger partial charge in [-0.2, -0.15) is 0 Å². The Morgan fingerprint density at radius 1 is 1.04 bits per heavy atom. The lowest BCUT2D eigenvalue weighted by Gasteiger charge is -2.17. The Hall–Kier alpha value is -2.62. The Bertz CT molecular complexity index is 727. The molecule has 2 aromatic rings. The standard InChI is InChI=1S/C20H21NO3/c22-19(13-15-5-2-1-3-6-15)21-10-9-17(14-21)11-16-7-4-8-18(12-16)20(23)24/h1-8,12,17H,9-11,13-14H2,(H,23,24). The molecule has 1 heterocycles. The molecule has 0 saturated carbocycles. The number of aromatic carboxylic acids is 1. The SMILES string of the molecule is O=C(O)c1cccc(CC2CCN(C(=O)Cc3ccccc3)C2)c1. The first-order valence-corrected chi connectivity index (χ1v) is 8.26. The Kier molecular flexibility index (Phi) is 4.94. The first-order chi connectivity index (χ1) is 11.6. The number of carbonyl (C=O) groups excluding carboxylic acids is 1. The number of hydrogen-bond acceptors (Lipinski definition) is 2. The van der Waals surface area contributed by atoms with Gasteiger partial charge < -0.3 is 10.0 Å². The van der Waals surface area contributed by atoms with Crippen LogP contribution in [0.25, 0.3) is 0 Å². The van der Waals surface area contributed by atoms with Crippen LogP contribution >= 0.6 is 0 Å². The van der Waals surface area contributed by atoms with E-state index in [1.807, 2.05) is 41.3 Å². The third kappa shape index (κ3) is 4.02. The Morgan fingerprint density at radius 3 is 2.54 bits per heavy atom. The van der Waals surface area contributed by atoms with Crippen LogP contribution in [0.3, 0.4) is 0 Å². The van der Waals surface area contributed by atoms with Crippen LogP contribution in [-0.2, 0) is 17.6 Å². The van der Waals surface area contributed by atoms with E-state index in [1.54, 1.807) is 18.2 Å². The van der Waals surface area contributed by atoms with Gasteiger partial charge in [-0.1, -0.05) is 42.5 Å². The number of likely N-dealkylation sites (tertiary alicyclic amines) is 1. The van der Waals surface area contributed by atoms with E-state index in [2.05, 4.69) is 0 Å². The largest absolute Gasteiger partial charge is 0.478 e. The summed E-state index contributed by atoms with van der Waals surface area (Å²) in [5.74, 6) is -0.334. The number of nitrogens with zero attached hydrogens (tertiary/aromatic N) is 1. The molecular weight excluding hydrogens is 302 g/mol. The number of rotatable bonds is 5. The molecule has 3 rings (SSSR count). The van der Waals surface area contributed by atoms with E-state index in [1.165, 1.54) is 0 Å². The van der Waals surface area contributed by atoms with Crippen LogP contribution in [0.4, 0.5) is 0 Å². The van der Waals surface area contributed by atoms with Gasteiger partial charge in [0.15, 0.2) is 0 Å². The smallest absolute Gasteiger partial charge is 0.335 e. The number of carbonyl (C=O) groups is 2. The fourth-order valence-electron chi connectivity index (χ4n) is 3.27. The van der Waals surface area contributed by atoms with Crippen LogP contribution in [0, 0.1) is 5.92 Å². The molecule has 0 radical (unpaired) electrons. The Balaban J connectivity index is 1.56. The van der Waals surface area contributed by atoms with Crippen molar-refractivity contribution in [2.24, 2.45) is 5.92 Å². The summed E-state index contributed by atoms with van der Waals surface area (Å²) < 4.78 is 0. The van der Waals surface area contributed by atoms with Crippen molar-refractivity contribution in [1.29, 1.82) is 0 Å². The fourth-order valence-corrected chi connectivity index (χ4v) is 3.27. The highest BCUT2D eigenvalue weighted by Crippen LogP contribution is 2.22. The van der Waals surface area contributed by atoms with Crippen molar-refractivity contribution in [3.8, 4) is 0 Å². The highest BCUT2D eigenvalue weighted by molar-refractivity contribution is 5.87. The number of amides is 1. The van der Waals surface area contributed by atoms with E-state index in [0.717, 1.165) is 37.1 Å². The highest BCUT2D eigenvalue weighted by Gasteiger charge is 2.26. The van der Waals surface area contributed by atoms with Crippen molar-refractivity contribution in [2.75, 3.05) is 13.1 Å². The third-order valence-electron chi connectivity index (χ3n) is 4.54. The topological polar surface area (TPSA) is 57.6 Å². The van der Waals surface area contributed by atoms with Gasteiger partial charge in [-0.05, 0) is 42.0 Å². The first kappa shape index (κ1) is 16.2. The molecule has 1 N–H and O–H groups in total. The number of carboxylic acids is 1. The van der Waals surface area contributed by atoms with Gasteiger partial charge in [0, 0.05) is 13.1 Å². The maximum absolute atomic E-state index is 12.4. The van der Waals surface area contributed by atoms with Crippen LogP contribution in [0.15, 0.2) is 54.6 Å². The molecule has 1 saturated heterocycles. The Labute approximate surface area is 141 Å². The van der Waals surface area contributed by atoms with E-state index in [-0.39, 0.29) is 5.91 Å². The van der Waals surface area contributed by atoms with Gasteiger partial charge in [0.1, 0.15) is 0 Å². The van der Waals surface area contributed by atoms with Gasteiger partial charge >= 0.3 is 5.97 Å². The van der Waals surface area contributed by atoms with Gasteiger partial charge in [-0.15, -0.1) is 0 Å². The average molecular weight is 323 g/mol. The molecule has 0 spiro atoms. The molecule has 1 fully saturated rings. The molecule has 24 heavy (non-hydrogen) atoms. The van der Waals surface area contributed by atoms with Crippen molar-refractivity contribution in [1.82, 2.24) is 4.90 Å². The number of benzene rings is 2. The molecule has 1 aliphatic rings. The summed E-state index contributed by atoms with van der Waals surface area (Å²) in [6.45, 7) is 1.54. The minimum Gasteiger partial charge on any atom is -0.478 e. The van der Waals surface area contributed by atoms with E-state index >= 15 is 0 Å². The van der Waals surface area contributed by atoms with E-state index in [9.17, 15) is 9.59 Å². The molecule has 0 aromatic heterocycles. The molecular formula is C20H21NO3. The second-order valence-electron chi connectivity index (χ2n) is 6.37. The van der Waals surface area contributed by atoms with Crippen molar-refractivity contribution in [2.45, 2.75) is 19.3 Å². The second kappa shape index (κ2) is 7.30. The lowest BCUT2D eigenvalue weighted by atomic mass is 9.97. The van der Waals surface area contributed by atoms with Gasteiger partial charge in [0.2, 0.25) is 5.91 Å². The van der Waals surface area contributed by atoms with Crippen LogP contribution in [0.1, 0.15) is 27.9 Å². The summed E-state index contributed by atoms with van der Waals surface area (Å²) in [5.41, 5.74) is 2.39.